The van der Waals surface area contributed by atoms with Crippen LogP contribution < -0.4 is 5.32 Å². The minimum absolute atomic E-state index is 0.0181. The summed E-state index contributed by atoms with van der Waals surface area (Å²) in [6.45, 7) is 12.7. The van der Waals surface area contributed by atoms with Gasteiger partial charge < -0.3 is 5.32 Å². The molecular weight excluding hydrogens is 212 g/mol. The highest BCUT2D eigenvalue weighted by atomic mass is 15.3. The van der Waals surface area contributed by atoms with E-state index in [1.807, 2.05) is 6.92 Å². The van der Waals surface area contributed by atoms with Crippen LogP contribution in [0.2, 0.25) is 0 Å². The van der Waals surface area contributed by atoms with Crippen LogP contribution in [-0.4, -0.2) is 61.2 Å². The third-order valence-electron chi connectivity index (χ3n) is 3.62. The zero-order valence-electron chi connectivity index (χ0n) is 11.4. The lowest BCUT2D eigenvalue weighted by atomic mass is 10.2. The van der Waals surface area contributed by atoms with Gasteiger partial charge in [0.25, 0.3) is 0 Å². The molecule has 98 valence electrons. The van der Waals surface area contributed by atoms with Crippen molar-refractivity contribution in [3.05, 3.63) is 0 Å². The van der Waals surface area contributed by atoms with Crippen molar-refractivity contribution in [1.82, 2.24) is 15.1 Å². The van der Waals surface area contributed by atoms with E-state index in [1.165, 1.54) is 6.42 Å². The molecule has 17 heavy (non-hydrogen) atoms. The van der Waals surface area contributed by atoms with E-state index in [4.69, 9.17) is 5.26 Å². The molecule has 0 amide bonds. The van der Waals surface area contributed by atoms with Gasteiger partial charge in [-0.15, -0.1) is 0 Å². The van der Waals surface area contributed by atoms with Gasteiger partial charge in [0.1, 0.15) is 6.04 Å². The van der Waals surface area contributed by atoms with Crippen LogP contribution in [-0.2, 0) is 0 Å². The highest BCUT2D eigenvalue weighted by molar-refractivity contribution is 4.94. The van der Waals surface area contributed by atoms with Gasteiger partial charge in [-0.25, -0.2) is 0 Å². The summed E-state index contributed by atoms with van der Waals surface area (Å²) >= 11 is 0. The molecule has 1 aliphatic rings. The molecule has 2 unspecified atom stereocenters. The molecule has 1 fully saturated rings. The normalized spacial score (nSPS) is 22.9. The first-order chi connectivity index (χ1) is 8.24. The maximum Gasteiger partial charge on any atom is 0.108 e. The van der Waals surface area contributed by atoms with Crippen LogP contribution in [0.1, 0.15) is 27.2 Å². The summed E-state index contributed by atoms with van der Waals surface area (Å²) < 4.78 is 0. The Balaban J connectivity index is 2.37. The van der Waals surface area contributed by atoms with E-state index < -0.39 is 0 Å². The number of hydrogen-bond acceptors (Lipinski definition) is 4. The first kappa shape index (κ1) is 14.4. The highest BCUT2D eigenvalue weighted by Gasteiger charge is 2.27. The van der Waals surface area contributed by atoms with Crippen molar-refractivity contribution in [3.63, 3.8) is 0 Å². The van der Waals surface area contributed by atoms with Gasteiger partial charge in [0, 0.05) is 19.1 Å². The van der Waals surface area contributed by atoms with Gasteiger partial charge in [-0.3, -0.25) is 9.80 Å². The van der Waals surface area contributed by atoms with E-state index in [0.717, 1.165) is 39.3 Å². The van der Waals surface area contributed by atoms with Crippen LogP contribution >= 0.6 is 0 Å². The molecule has 4 heteroatoms. The Labute approximate surface area is 106 Å². The summed E-state index contributed by atoms with van der Waals surface area (Å²) in [4.78, 5) is 4.94. The van der Waals surface area contributed by atoms with Crippen LogP contribution in [0.25, 0.3) is 0 Å². The Morgan fingerprint density at radius 2 is 2.12 bits per heavy atom. The van der Waals surface area contributed by atoms with E-state index in [0.29, 0.717) is 6.04 Å². The Hall–Kier alpha value is -0.630. The van der Waals surface area contributed by atoms with Crippen molar-refractivity contribution in [2.24, 2.45) is 0 Å². The van der Waals surface area contributed by atoms with Gasteiger partial charge in [-0.2, -0.15) is 5.26 Å². The second kappa shape index (κ2) is 7.65. The van der Waals surface area contributed by atoms with Gasteiger partial charge in [-0.05, 0) is 32.6 Å². The molecule has 1 aliphatic heterocycles. The van der Waals surface area contributed by atoms with Crippen molar-refractivity contribution in [3.8, 4) is 6.07 Å². The van der Waals surface area contributed by atoms with Crippen LogP contribution in [0, 0.1) is 11.3 Å². The maximum absolute atomic E-state index is 9.04. The molecule has 4 nitrogen and oxygen atoms in total. The molecule has 0 saturated carbocycles. The Morgan fingerprint density at radius 3 is 2.65 bits per heavy atom. The summed E-state index contributed by atoms with van der Waals surface area (Å²) in [5, 5.41) is 12.3. The molecule has 0 aromatic heterocycles. The topological polar surface area (TPSA) is 42.3 Å². The fourth-order valence-electron chi connectivity index (χ4n) is 2.67. The quantitative estimate of drug-likeness (QED) is 0.716. The third-order valence-corrected chi connectivity index (χ3v) is 3.62. The lowest BCUT2D eigenvalue weighted by molar-refractivity contribution is 0.208. The van der Waals surface area contributed by atoms with Crippen molar-refractivity contribution in [2.75, 3.05) is 39.3 Å². The average molecular weight is 238 g/mol. The van der Waals surface area contributed by atoms with Crippen LogP contribution in [0.4, 0.5) is 0 Å². The largest absolute Gasteiger partial charge is 0.301 e. The van der Waals surface area contributed by atoms with Crippen molar-refractivity contribution >= 4 is 0 Å². The number of likely N-dealkylation sites (N-methyl/N-ethyl adjacent to an activating group) is 2. The minimum atomic E-state index is -0.0181. The standard InChI is InChI=1S/C13H26N4/c1-4-15-12(9-14)10-16-8-7-13(11-16)17(5-2)6-3/h12-13,15H,4-8,10-11H2,1-3H3. The maximum atomic E-state index is 9.04. The highest BCUT2D eigenvalue weighted by Crippen LogP contribution is 2.15. The van der Waals surface area contributed by atoms with E-state index >= 15 is 0 Å². The predicted molar refractivity (Wildman–Crippen MR) is 70.8 cm³/mol. The van der Waals surface area contributed by atoms with Crippen LogP contribution in [0.3, 0.4) is 0 Å². The summed E-state index contributed by atoms with van der Waals surface area (Å²) in [6, 6.07) is 3.00. The molecule has 1 N–H and O–H groups in total. The SMILES string of the molecule is CCNC(C#N)CN1CCC(N(CC)CC)C1. The van der Waals surface area contributed by atoms with Crippen molar-refractivity contribution in [2.45, 2.75) is 39.3 Å². The predicted octanol–water partition coefficient (Wildman–Crippen LogP) is 0.904. The van der Waals surface area contributed by atoms with E-state index in [-0.39, 0.29) is 6.04 Å². The zero-order chi connectivity index (χ0) is 12.7. The number of likely N-dealkylation sites (tertiary alicyclic amines) is 1. The number of nitrogens with one attached hydrogen (secondary N) is 1. The molecule has 0 radical (unpaired) electrons. The summed E-state index contributed by atoms with van der Waals surface area (Å²) in [5.41, 5.74) is 0. The van der Waals surface area contributed by atoms with E-state index in [9.17, 15) is 0 Å². The molecule has 0 spiro atoms. The zero-order valence-corrected chi connectivity index (χ0v) is 11.4. The summed E-state index contributed by atoms with van der Waals surface area (Å²) in [5.74, 6) is 0. The summed E-state index contributed by atoms with van der Waals surface area (Å²) in [7, 11) is 0. The lowest BCUT2D eigenvalue weighted by Gasteiger charge is -2.26. The number of nitrogens with zero attached hydrogens (tertiary/aromatic N) is 3. The lowest BCUT2D eigenvalue weighted by Crippen LogP contribution is -2.42. The third kappa shape index (κ3) is 4.27. The summed E-state index contributed by atoms with van der Waals surface area (Å²) in [6.07, 6.45) is 1.24. The van der Waals surface area contributed by atoms with Gasteiger partial charge in [0.05, 0.1) is 6.07 Å². The molecule has 0 aromatic carbocycles. The Kier molecular flexibility index (Phi) is 6.49. The molecule has 2 atom stereocenters. The molecule has 0 bridgehead atoms. The smallest absolute Gasteiger partial charge is 0.108 e. The molecule has 0 aromatic rings. The van der Waals surface area contributed by atoms with Crippen LogP contribution in [0.15, 0.2) is 0 Å². The van der Waals surface area contributed by atoms with Gasteiger partial charge in [-0.1, -0.05) is 20.8 Å². The first-order valence-corrected chi connectivity index (χ1v) is 6.84. The Morgan fingerprint density at radius 1 is 1.41 bits per heavy atom. The first-order valence-electron chi connectivity index (χ1n) is 6.84. The van der Waals surface area contributed by atoms with Gasteiger partial charge in [0.15, 0.2) is 0 Å². The fourth-order valence-corrected chi connectivity index (χ4v) is 2.67. The monoisotopic (exact) mass is 238 g/mol. The molecular formula is C13H26N4. The molecule has 0 aliphatic carbocycles. The fraction of sp³-hybridized carbons (Fsp3) is 0.923. The molecule has 1 heterocycles. The molecule has 1 saturated heterocycles. The Bertz CT molecular complexity index is 244. The second-order valence-electron chi connectivity index (χ2n) is 4.66. The van der Waals surface area contributed by atoms with Gasteiger partial charge >= 0.3 is 0 Å². The van der Waals surface area contributed by atoms with Crippen LogP contribution in [0.5, 0.6) is 0 Å². The molecule has 1 rings (SSSR count). The van der Waals surface area contributed by atoms with E-state index in [2.05, 4.69) is 35.0 Å². The van der Waals surface area contributed by atoms with E-state index in [1.54, 1.807) is 0 Å². The number of nitriles is 1. The van der Waals surface area contributed by atoms with Crippen molar-refractivity contribution in [1.29, 1.82) is 5.26 Å². The number of hydrogen-bond donors (Lipinski definition) is 1. The number of rotatable bonds is 7. The van der Waals surface area contributed by atoms with Gasteiger partial charge in [0.2, 0.25) is 0 Å². The minimum Gasteiger partial charge on any atom is -0.301 e. The van der Waals surface area contributed by atoms with Crippen molar-refractivity contribution < 1.29 is 0 Å². The second-order valence-corrected chi connectivity index (χ2v) is 4.66. The average Bonchev–Trinajstić information content (AvgIpc) is 2.79.